The fourth-order valence-electron chi connectivity index (χ4n) is 2.04. The third kappa shape index (κ3) is 2.30. The monoisotopic (exact) mass is 272 g/mol. The molecule has 0 saturated heterocycles. The zero-order valence-electron chi connectivity index (χ0n) is 10.1. The van der Waals surface area contributed by atoms with Crippen LogP contribution in [-0.4, -0.2) is 17.5 Å². The number of aryl methyl sites for hydroxylation is 1. The summed E-state index contributed by atoms with van der Waals surface area (Å²) in [4.78, 5) is 0. The van der Waals surface area contributed by atoms with Gasteiger partial charge in [-0.25, -0.2) is 8.78 Å². The van der Waals surface area contributed by atoms with Crippen molar-refractivity contribution >= 4 is 10.8 Å². The number of rotatable bonds is 3. The van der Waals surface area contributed by atoms with E-state index >= 15 is 0 Å². The van der Waals surface area contributed by atoms with Crippen molar-refractivity contribution in [3.63, 3.8) is 0 Å². The summed E-state index contributed by atoms with van der Waals surface area (Å²) >= 11 is 0. The second-order valence-electron chi connectivity index (χ2n) is 4.40. The SMILES string of the molecule is Cc1ccc(C(O)C(F)(F)C(F)F)c2ccccc12. The lowest BCUT2D eigenvalue weighted by molar-refractivity contribution is -0.193. The van der Waals surface area contributed by atoms with E-state index in [0.29, 0.717) is 10.8 Å². The van der Waals surface area contributed by atoms with Crippen molar-refractivity contribution in [2.45, 2.75) is 25.4 Å². The van der Waals surface area contributed by atoms with Gasteiger partial charge < -0.3 is 5.11 Å². The first-order valence-electron chi connectivity index (χ1n) is 5.68. The van der Waals surface area contributed by atoms with Crippen molar-refractivity contribution in [3.8, 4) is 0 Å². The number of halogens is 4. The van der Waals surface area contributed by atoms with Crippen molar-refractivity contribution in [3.05, 3.63) is 47.5 Å². The number of aliphatic hydroxyl groups is 1. The van der Waals surface area contributed by atoms with Crippen molar-refractivity contribution in [1.29, 1.82) is 0 Å². The van der Waals surface area contributed by atoms with Gasteiger partial charge in [-0.2, -0.15) is 8.78 Å². The summed E-state index contributed by atoms with van der Waals surface area (Å²) in [5.41, 5.74) is 0.637. The first kappa shape index (κ1) is 13.8. The molecule has 0 aliphatic carbocycles. The van der Waals surface area contributed by atoms with E-state index in [0.717, 1.165) is 5.56 Å². The van der Waals surface area contributed by atoms with E-state index in [1.54, 1.807) is 25.1 Å². The Labute approximate surface area is 107 Å². The van der Waals surface area contributed by atoms with E-state index < -0.39 is 18.5 Å². The summed E-state index contributed by atoms with van der Waals surface area (Å²) < 4.78 is 51.1. The minimum absolute atomic E-state index is 0.188. The average molecular weight is 272 g/mol. The molecule has 0 saturated carbocycles. The predicted molar refractivity (Wildman–Crippen MR) is 64.6 cm³/mol. The molecule has 102 valence electrons. The first-order valence-corrected chi connectivity index (χ1v) is 5.68. The molecule has 1 atom stereocenters. The largest absolute Gasteiger partial charge is 0.382 e. The van der Waals surface area contributed by atoms with Crippen LogP contribution in [0.25, 0.3) is 10.8 Å². The van der Waals surface area contributed by atoms with Crippen LogP contribution in [-0.2, 0) is 0 Å². The Hall–Kier alpha value is -1.62. The standard InChI is InChI=1S/C14H12F4O/c1-8-6-7-11(10-5-3-2-4-9(8)10)12(19)14(17,18)13(15)16/h2-7,12-13,19H,1H3. The van der Waals surface area contributed by atoms with E-state index in [9.17, 15) is 22.7 Å². The number of hydrogen-bond acceptors (Lipinski definition) is 1. The molecular formula is C14H12F4O. The molecular weight excluding hydrogens is 260 g/mol. The third-order valence-corrected chi connectivity index (χ3v) is 3.13. The van der Waals surface area contributed by atoms with Crippen LogP contribution in [0.3, 0.4) is 0 Å². The molecule has 0 radical (unpaired) electrons. The normalized spacial score (nSPS) is 14.1. The van der Waals surface area contributed by atoms with E-state index in [1.807, 2.05) is 0 Å². The number of benzene rings is 2. The Morgan fingerprint density at radius 3 is 2.16 bits per heavy atom. The third-order valence-electron chi connectivity index (χ3n) is 3.13. The Morgan fingerprint density at radius 2 is 1.58 bits per heavy atom. The average Bonchev–Trinajstić information content (AvgIpc) is 2.38. The van der Waals surface area contributed by atoms with Crippen LogP contribution >= 0.6 is 0 Å². The molecule has 0 aliphatic heterocycles. The van der Waals surface area contributed by atoms with Gasteiger partial charge in [0.2, 0.25) is 0 Å². The lowest BCUT2D eigenvalue weighted by atomic mass is 9.94. The van der Waals surface area contributed by atoms with Gasteiger partial charge in [-0.3, -0.25) is 0 Å². The summed E-state index contributed by atoms with van der Waals surface area (Å²) in [5.74, 6) is -4.47. The maximum atomic E-state index is 13.3. The Balaban J connectivity index is 2.61. The molecule has 2 aromatic carbocycles. The Bertz CT molecular complexity index is 595. The summed E-state index contributed by atoms with van der Waals surface area (Å²) in [6.45, 7) is 1.78. The highest BCUT2D eigenvalue weighted by atomic mass is 19.3. The minimum atomic E-state index is -4.47. The van der Waals surface area contributed by atoms with Crippen LogP contribution in [0.4, 0.5) is 17.6 Å². The van der Waals surface area contributed by atoms with Gasteiger partial charge in [0.15, 0.2) is 0 Å². The van der Waals surface area contributed by atoms with Crippen molar-refractivity contribution < 1.29 is 22.7 Å². The number of aliphatic hydroxyl groups excluding tert-OH is 1. The van der Waals surface area contributed by atoms with Gasteiger partial charge in [0, 0.05) is 0 Å². The molecule has 0 heterocycles. The number of fused-ring (bicyclic) bond motifs is 1. The predicted octanol–water partition coefficient (Wildman–Crippen LogP) is 4.08. The molecule has 0 aliphatic rings. The maximum Gasteiger partial charge on any atom is 0.336 e. The highest BCUT2D eigenvalue weighted by Gasteiger charge is 2.49. The summed E-state index contributed by atoms with van der Waals surface area (Å²) in [6.07, 6.45) is -6.44. The van der Waals surface area contributed by atoms with Crippen LogP contribution in [0.15, 0.2) is 36.4 Å². The molecule has 2 rings (SSSR count). The van der Waals surface area contributed by atoms with Gasteiger partial charge >= 0.3 is 12.3 Å². The van der Waals surface area contributed by atoms with Crippen LogP contribution in [0, 0.1) is 6.92 Å². The summed E-state index contributed by atoms with van der Waals surface area (Å²) in [5, 5.41) is 10.6. The van der Waals surface area contributed by atoms with Gasteiger partial charge in [0.25, 0.3) is 0 Å². The summed E-state index contributed by atoms with van der Waals surface area (Å²) in [6, 6.07) is 9.35. The Morgan fingerprint density at radius 1 is 1.00 bits per heavy atom. The van der Waals surface area contributed by atoms with E-state index in [2.05, 4.69) is 0 Å². The molecule has 0 amide bonds. The number of alkyl halides is 4. The van der Waals surface area contributed by atoms with E-state index in [1.165, 1.54) is 18.2 Å². The van der Waals surface area contributed by atoms with Crippen molar-refractivity contribution in [1.82, 2.24) is 0 Å². The van der Waals surface area contributed by atoms with Gasteiger partial charge in [-0.1, -0.05) is 36.4 Å². The van der Waals surface area contributed by atoms with E-state index in [4.69, 9.17) is 0 Å². The topological polar surface area (TPSA) is 20.2 Å². The molecule has 0 spiro atoms. The second-order valence-corrected chi connectivity index (χ2v) is 4.40. The van der Waals surface area contributed by atoms with Gasteiger partial charge in [0.05, 0.1) is 0 Å². The van der Waals surface area contributed by atoms with Crippen LogP contribution in [0.2, 0.25) is 0 Å². The summed E-state index contributed by atoms with van der Waals surface area (Å²) in [7, 11) is 0. The molecule has 19 heavy (non-hydrogen) atoms. The molecule has 2 aromatic rings. The smallest absolute Gasteiger partial charge is 0.336 e. The highest BCUT2D eigenvalue weighted by molar-refractivity contribution is 5.88. The lowest BCUT2D eigenvalue weighted by Gasteiger charge is -2.23. The fourth-order valence-corrected chi connectivity index (χ4v) is 2.04. The molecule has 0 bridgehead atoms. The van der Waals surface area contributed by atoms with Gasteiger partial charge in [-0.05, 0) is 28.8 Å². The van der Waals surface area contributed by atoms with Crippen LogP contribution < -0.4 is 0 Å². The quantitative estimate of drug-likeness (QED) is 0.835. The molecule has 1 N–H and O–H groups in total. The van der Waals surface area contributed by atoms with Gasteiger partial charge in [-0.15, -0.1) is 0 Å². The van der Waals surface area contributed by atoms with Gasteiger partial charge in [0.1, 0.15) is 6.10 Å². The zero-order chi connectivity index (χ0) is 14.2. The van der Waals surface area contributed by atoms with E-state index in [-0.39, 0.29) is 5.56 Å². The fraction of sp³-hybridized carbons (Fsp3) is 0.286. The zero-order valence-corrected chi connectivity index (χ0v) is 10.1. The molecule has 0 aromatic heterocycles. The van der Waals surface area contributed by atoms with Crippen molar-refractivity contribution in [2.75, 3.05) is 0 Å². The molecule has 0 fully saturated rings. The lowest BCUT2D eigenvalue weighted by Crippen LogP contribution is -2.34. The van der Waals surface area contributed by atoms with Crippen LogP contribution in [0.1, 0.15) is 17.2 Å². The maximum absolute atomic E-state index is 13.3. The van der Waals surface area contributed by atoms with Crippen LogP contribution in [0.5, 0.6) is 0 Å². The van der Waals surface area contributed by atoms with Crippen molar-refractivity contribution in [2.24, 2.45) is 0 Å². The second kappa shape index (κ2) is 4.81. The molecule has 1 unspecified atom stereocenters. The number of hydrogen-bond donors (Lipinski definition) is 1. The highest BCUT2D eigenvalue weighted by Crippen LogP contribution is 2.39. The Kier molecular flexibility index (Phi) is 3.49. The molecule has 1 nitrogen and oxygen atoms in total. The molecule has 5 heteroatoms. The minimum Gasteiger partial charge on any atom is -0.382 e. The first-order chi connectivity index (χ1) is 8.85.